The summed E-state index contributed by atoms with van der Waals surface area (Å²) in [5.74, 6) is 1.02. The Morgan fingerprint density at radius 2 is 1.59 bits per heavy atom. The Morgan fingerprint density at radius 1 is 0.926 bits per heavy atom. The summed E-state index contributed by atoms with van der Waals surface area (Å²) in [7, 11) is 2.23. The van der Waals surface area contributed by atoms with Gasteiger partial charge in [0.1, 0.15) is 0 Å². The van der Waals surface area contributed by atoms with Crippen molar-refractivity contribution in [1.82, 2.24) is 20.4 Å². The van der Waals surface area contributed by atoms with E-state index in [0.717, 1.165) is 44.3 Å². The third-order valence-electron chi connectivity index (χ3n) is 7.26. The van der Waals surface area contributed by atoms with Gasteiger partial charge in [-0.25, -0.2) is 0 Å². The largest absolute Gasteiger partial charge is 0.352 e. The molecule has 1 saturated carbocycles. The van der Waals surface area contributed by atoms with Crippen molar-refractivity contribution in [3.8, 4) is 0 Å². The van der Waals surface area contributed by atoms with Crippen LogP contribution in [-0.4, -0.2) is 73.1 Å². The lowest BCUT2D eigenvalue weighted by molar-refractivity contribution is -0.124. The number of rotatable bonds is 3. The van der Waals surface area contributed by atoms with E-state index in [4.69, 9.17) is 0 Å². The lowest BCUT2D eigenvalue weighted by Gasteiger charge is -2.41. The Labute approximate surface area is 177 Å². The van der Waals surface area contributed by atoms with E-state index in [1.165, 1.54) is 51.6 Å². The minimum absolute atomic E-state index is 0. The number of fused-ring (bicyclic) bond motifs is 1. The fourth-order valence-electron chi connectivity index (χ4n) is 5.59. The quantitative estimate of drug-likeness (QED) is 0.735. The van der Waals surface area contributed by atoms with Gasteiger partial charge in [0.2, 0.25) is 5.91 Å². The van der Waals surface area contributed by atoms with Gasteiger partial charge in [-0.05, 0) is 71.0 Å². The molecular weight excluding hydrogens is 383 g/mol. The Bertz CT molecular complexity index is 451. The van der Waals surface area contributed by atoms with E-state index in [0.29, 0.717) is 12.1 Å². The Hall–Kier alpha value is -0.0700. The van der Waals surface area contributed by atoms with E-state index in [1.807, 2.05) is 0 Å². The molecule has 0 bridgehead atoms. The summed E-state index contributed by atoms with van der Waals surface area (Å²) in [5.41, 5.74) is 0. The van der Waals surface area contributed by atoms with Crippen LogP contribution in [0.25, 0.3) is 0 Å². The molecule has 5 nitrogen and oxygen atoms in total. The average Bonchev–Trinajstić information content (AvgIpc) is 3.07. The van der Waals surface area contributed by atoms with Crippen molar-refractivity contribution >= 4 is 30.7 Å². The fraction of sp³-hybridized carbons (Fsp3) is 0.950. The lowest BCUT2D eigenvalue weighted by atomic mass is 9.85. The first-order valence-corrected chi connectivity index (χ1v) is 10.7. The number of nitrogens with one attached hydrogen (secondary N) is 2. The number of carbonyl (C=O) groups is 1. The number of piperidine rings is 2. The van der Waals surface area contributed by atoms with E-state index in [2.05, 4.69) is 27.5 Å². The van der Waals surface area contributed by atoms with Crippen molar-refractivity contribution < 1.29 is 4.79 Å². The van der Waals surface area contributed by atoms with Crippen LogP contribution in [0.2, 0.25) is 0 Å². The van der Waals surface area contributed by atoms with Gasteiger partial charge < -0.3 is 20.4 Å². The molecule has 27 heavy (non-hydrogen) atoms. The number of hydrogen-bond donors (Lipinski definition) is 2. The molecule has 4 fully saturated rings. The minimum Gasteiger partial charge on any atom is -0.352 e. The predicted molar refractivity (Wildman–Crippen MR) is 115 cm³/mol. The molecule has 3 atom stereocenters. The number of carbonyl (C=O) groups excluding carboxylic acids is 1. The van der Waals surface area contributed by atoms with Crippen molar-refractivity contribution in [2.75, 3.05) is 33.2 Å². The van der Waals surface area contributed by atoms with Gasteiger partial charge in [-0.15, -0.1) is 24.8 Å². The molecule has 3 unspecified atom stereocenters. The zero-order chi connectivity index (χ0) is 17.2. The van der Waals surface area contributed by atoms with Gasteiger partial charge in [0.25, 0.3) is 0 Å². The number of hydrogen-bond acceptors (Lipinski definition) is 4. The minimum atomic E-state index is 0. The molecule has 4 rings (SSSR count). The van der Waals surface area contributed by atoms with Gasteiger partial charge in [0.15, 0.2) is 0 Å². The zero-order valence-corrected chi connectivity index (χ0v) is 18.3. The number of halogens is 2. The van der Waals surface area contributed by atoms with E-state index >= 15 is 0 Å². The van der Waals surface area contributed by atoms with Crippen LogP contribution in [0.3, 0.4) is 0 Å². The van der Waals surface area contributed by atoms with Crippen molar-refractivity contribution in [2.45, 2.75) is 82.0 Å². The third-order valence-corrected chi connectivity index (χ3v) is 7.26. The summed E-state index contributed by atoms with van der Waals surface area (Å²) >= 11 is 0. The summed E-state index contributed by atoms with van der Waals surface area (Å²) < 4.78 is 0. The second-order valence-electron chi connectivity index (χ2n) is 8.96. The highest BCUT2D eigenvalue weighted by molar-refractivity contribution is 5.85. The van der Waals surface area contributed by atoms with Crippen LogP contribution >= 0.6 is 24.8 Å². The second-order valence-corrected chi connectivity index (χ2v) is 8.96. The van der Waals surface area contributed by atoms with Crippen molar-refractivity contribution in [3.05, 3.63) is 0 Å². The molecule has 2 N–H and O–H groups in total. The summed E-state index contributed by atoms with van der Waals surface area (Å²) in [6.45, 7) is 4.78. The molecule has 0 aromatic heterocycles. The molecular formula is C20H38Cl2N4O. The Kier molecular flexibility index (Phi) is 9.14. The van der Waals surface area contributed by atoms with Crippen LogP contribution in [0.1, 0.15) is 57.8 Å². The molecule has 0 spiro atoms. The molecule has 3 aliphatic heterocycles. The van der Waals surface area contributed by atoms with Crippen LogP contribution < -0.4 is 10.6 Å². The topological polar surface area (TPSA) is 47.6 Å². The molecule has 0 aromatic rings. The van der Waals surface area contributed by atoms with Gasteiger partial charge >= 0.3 is 0 Å². The molecule has 3 saturated heterocycles. The Morgan fingerprint density at radius 3 is 2.26 bits per heavy atom. The molecule has 4 aliphatic rings. The SMILES string of the molecule is CN1CCC(N2CCC(NC(=O)C3CC4CCCCC4N3)CC2)CC1.Cl.Cl. The van der Waals surface area contributed by atoms with Gasteiger partial charge in [0, 0.05) is 31.2 Å². The third kappa shape index (κ3) is 5.72. The van der Waals surface area contributed by atoms with Crippen molar-refractivity contribution in [1.29, 1.82) is 0 Å². The maximum Gasteiger partial charge on any atom is 0.237 e. The second kappa shape index (κ2) is 10.6. The highest BCUT2D eigenvalue weighted by atomic mass is 35.5. The van der Waals surface area contributed by atoms with Gasteiger partial charge in [-0.2, -0.15) is 0 Å². The maximum absolute atomic E-state index is 12.7. The van der Waals surface area contributed by atoms with Crippen LogP contribution in [0.4, 0.5) is 0 Å². The normalized spacial score (nSPS) is 33.6. The van der Waals surface area contributed by atoms with Gasteiger partial charge in [-0.3, -0.25) is 4.79 Å². The van der Waals surface area contributed by atoms with Gasteiger partial charge in [-0.1, -0.05) is 12.8 Å². The molecule has 1 aliphatic carbocycles. The Balaban J connectivity index is 0.00000131. The first-order valence-electron chi connectivity index (χ1n) is 10.7. The van der Waals surface area contributed by atoms with E-state index in [9.17, 15) is 4.79 Å². The number of amides is 1. The highest BCUT2D eigenvalue weighted by Crippen LogP contribution is 2.33. The smallest absolute Gasteiger partial charge is 0.237 e. The summed E-state index contributed by atoms with van der Waals surface area (Å²) in [5, 5.41) is 6.98. The van der Waals surface area contributed by atoms with Crippen LogP contribution in [0, 0.1) is 5.92 Å². The number of nitrogens with zero attached hydrogens (tertiary/aromatic N) is 2. The monoisotopic (exact) mass is 420 g/mol. The van der Waals surface area contributed by atoms with E-state index in [-0.39, 0.29) is 36.8 Å². The zero-order valence-electron chi connectivity index (χ0n) is 16.7. The highest BCUT2D eigenvalue weighted by Gasteiger charge is 2.39. The van der Waals surface area contributed by atoms with E-state index in [1.54, 1.807) is 0 Å². The predicted octanol–water partition coefficient (Wildman–Crippen LogP) is 2.43. The molecule has 1 amide bonds. The van der Waals surface area contributed by atoms with Gasteiger partial charge in [0.05, 0.1) is 6.04 Å². The maximum atomic E-state index is 12.7. The standard InChI is InChI=1S/C20H36N4O.2ClH/c1-23-10-8-17(9-11-23)24-12-6-16(7-13-24)21-20(25)19-14-15-4-2-3-5-18(15)22-19;;/h15-19,22H,2-14H2,1H3,(H,21,25);2*1H. The molecule has 158 valence electrons. The molecule has 7 heteroatoms. The average molecular weight is 421 g/mol. The fourth-order valence-corrected chi connectivity index (χ4v) is 5.59. The number of likely N-dealkylation sites (tertiary alicyclic amines) is 2. The molecule has 0 radical (unpaired) electrons. The first-order chi connectivity index (χ1) is 12.2. The van der Waals surface area contributed by atoms with Crippen LogP contribution in [-0.2, 0) is 4.79 Å². The lowest BCUT2D eigenvalue weighted by Crippen LogP contribution is -2.53. The summed E-state index contributed by atoms with van der Waals surface area (Å²) in [6.07, 6.45) is 11.2. The van der Waals surface area contributed by atoms with Crippen molar-refractivity contribution in [3.63, 3.8) is 0 Å². The van der Waals surface area contributed by atoms with E-state index < -0.39 is 0 Å². The first kappa shape index (κ1) is 23.2. The summed E-state index contributed by atoms with van der Waals surface area (Å²) in [6, 6.07) is 1.84. The van der Waals surface area contributed by atoms with Crippen LogP contribution in [0.5, 0.6) is 0 Å². The van der Waals surface area contributed by atoms with Crippen molar-refractivity contribution in [2.24, 2.45) is 5.92 Å². The molecule has 3 heterocycles. The summed E-state index contributed by atoms with van der Waals surface area (Å²) in [4.78, 5) is 17.8. The molecule has 0 aromatic carbocycles. The van der Waals surface area contributed by atoms with Crippen LogP contribution in [0.15, 0.2) is 0 Å².